The van der Waals surface area contributed by atoms with Crippen molar-refractivity contribution in [2.75, 3.05) is 23.4 Å². The molecule has 1 fully saturated rings. The monoisotopic (exact) mass is 594 g/mol. The Morgan fingerprint density at radius 2 is 1.87 bits per heavy atom. The van der Waals surface area contributed by atoms with E-state index in [-0.39, 0.29) is 0 Å². The molecule has 1 aliphatic rings. The van der Waals surface area contributed by atoms with Crippen molar-refractivity contribution in [3.8, 4) is 0 Å². The van der Waals surface area contributed by atoms with Gasteiger partial charge in [-0.2, -0.15) is 0 Å². The Bertz CT molecular complexity index is 855. The summed E-state index contributed by atoms with van der Waals surface area (Å²) in [6.45, 7) is 9.99. The van der Waals surface area contributed by atoms with Crippen molar-refractivity contribution >= 4 is 75.4 Å². The molecule has 0 saturated heterocycles. The Morgan fingerprint density at radius 3 is 2.39 bits per heavy atom. The van der Waals surface area contributed by atoms with Crippen molar-refractivity contribution in [3.63, 3.8) is 0 Å². The minimum absolute atomic E-state index is 0.315. The van der Waals surface area contributed by atoms with E-state index in [4.69, 9.17) is 11.6 Å². The summed E-state index contributed by atoms with van der Waals surface area (Å²) in [6, 6.07) is 8.46. The van der Waals surface area contributed by atoms with Crippen molar-refractivity contribution in [2.24, 2.45) is 0 Å². The van der Waals surface area contributed by atoms with Gasteiger partial charge in [0.15, 0.2) is 5.82 Å². The number of pyridine rings is 1. The van der Waals surface area contributed by atoms with E-state index >= 15 is 0 Å². The molecule has 1 aromatic heterocycles. The van der Waals surface area contributed by atoms with Gasteiger partial charge in [-0.25, -0.2) is 9.76 Å². The number of hydrogen-bond acceptors (Lipinski definition) is 5. The molecule has 1 N–H and O–H groups in total. The zero-order valence-electron chi connectivity index (χ0n) is 19.3. The van der Waals surface area contributed by atoms with Crippen molar-refractivity contribution < 1.29 is 4.79 Å². The van der Waals surface area contributed by atoms with Crippen LogP contribution in [0.5, 0.6) is 0 Å². The maximum Gasteiger partial charge on any atom is 0.228 e. The lowest BCUT2D eigenvalue weighted by Crippen LogP contribution is -2.32. The summed E-state index contributed by atoms with van der Waals surface area (Å²) >= 11 is 10.3. The fourth-order valence-electron chi connectivity index (χ4n) is 2.82. The highest BCUT2D eigenvalue weighted by molar-refractivity contribution is 14.2. The summed E-state index contributed by atoms with van der Waals surface area (Å²) in [4.78, 5) is 16.9. The van der Waals surface area contributed by atoms with E-state index in [0.29, 0.717) is 17.3 Å². The number of anilines is 3. The number of nitrogens with zero attached hydrogens (tertiary/aromatic N) is 3. The molecule has 172 valence electrons. The van der Waals surface area contributed by atoms with Crippen LogP contribution < -0.4 is 10.1 Å². The van der Waals surface area contributed by atoms with Gasteiger partial charge in [0, 0.05) is 23.2 Å². The van der Waals surface area contributed by atoms with Crippen LogP contribution in [-0.4, -0.2) is 29.7 Å². The normalized spacial score (nSPS) is 12.4. The van der Waals surface area contributed by atoms with Crippen LogP contribution in [0.2, 0.25) is 5.15 Å². The summed E-state index contributed by atoms with van der Waals surface area (Å²) in [5.41, 5.74) is 4.30. The fourth-order valence-corrected chi connectivity index (χ4v) is 5.78. The lowest BCUT2D eigenvalue weighted by atomic mass is 10.1. The molecule has 5 nitrogen and oxygen atoms in total. The Kier molecular flexibility index (Phi) is 13.1. The first kappa shape index (κ1) is 28.3. The van der Waals surface area contributed by atoms with Crippen molar-refractivity contribution in [1.82, 2.24) is 9.99 Å². The number of nitrogens with one attached hydrogen (secondary N) is 1. The third-order valence-corrected chi connectivity index (χ3v) is 7.54. The molecule has 2 aromatic rings. The van der Waals surface area contributed by atoms with E-state index < -0.39 is 0 Å². The topological polar surface area (TPSA) is 48.5 Å². The maximum atomic E-state index is 11.2. The number of carbonyl (C=O) groups is 1. The number of halogens is 2. The third kappa shape index (κ3) is 7.65. The molecule has 1 heterocycles. The molecule has 0 bridgehead atoms. The van der Waals surface area contributed by atoms with Crippen molar-refractivity contribution in [2.45, 2.75) is 58.3 Å². The van der Waals surface area contributed by atoms with Crippen LogP contribution in [0.15, 0.2) is 29.2 Å². The van der Waals surface area contributed by atoms with Gasteiger partial charge in [-0.1, -0.05) is 45.4 Å². The second-order valence-electron chi connectivity index (χ2n) is 6.38. The van der Waals surface area contributed by atoms with Crippen molar-refractivity contribution in [3.05, 3.63) is 40.5 Å². The first-order chi connectivity index (χ1) is 15.0. The van der Waals surface area contributed by atoms with Gasteiger partial charge < -0.3 is 5.32 Å². The second-order valence-corrected chi connectivity index (χ2v) is 9.65. The standard InChI is InChI=1S/C18H21ClIN4OPS.2C2H6/c1-11-15(9-17(19)22-18(11)24(26-20)23(2)10-25)21-14-7-6-13(12-4-5-12)8-16(14)27-3;2*1-2/h6-10,12,26H,4-5H2,1-3H3,(H,21,22);2*1-2H3. The summed E-state index contributed by atoms with van der Waals surface area (Å²) in [7, 11) is 1.70. The SMILES string of the molecule is CC.CC.CSc1cc(C2CC2)ccc1Nc1cc(Cl)nc(N(PI)N(C)C=O)c1C. The Hall–Kier alpha value is -0.760. The van der Waals surface area contributed by atoms with E-state index in [2.05, 4.69) is 56.8 Å². The molecule has 3 rings (SSSR count). The minimum atomic E-state index is 0.315. The number of amides is 1. The number of benzene rings is 1. The maximum absolute atomic E-state index is 11.2. The predicted molar refractivity (Wildman–Crippen MR) is 149 cm³/mol. The molecular formula is C22H33ClIN4OPS. The lowest BCUT2D eigenvalue weighted by Gasteiger charge is -2.29. The molecule has 0 aliphatic heterocycles. The Balaban J connectivity index is 0.00000113. The van der Waals surface area contributed by atoms with Gasteiger partial charge in [-0.3, -0.25) is 9.80 Å². The Labute approximate surface area is 211 Å². The molecule has 0 radical (unpaired) electrons. The van der Waals surface area contributed by atoms with Gasteiger partial charge in [0.25, 0.3) is 0 Å². The van der Waals surface area contributed by atoms with E-state index in [1.54, 1.807) is 18.8 Å². The zero-order chi connectivity index (χ0) is 23.6. The van der Waals surface area contributed by atoms with Gasteiger partial charge in [0.1, 0.15) is 5.15 Å². The highest BCUT2D eigenvalue weighted by Crippen LogP contribution is 2.43. The van der Waals surface area contributed by atoms with Crippen LogP contribution in [0, 0.1) is 6.92 Å². The number of rotatable bonds is 8. The quantitative estimate of drug-likeness (QED) is 0.0834. The predicted octanol–water partition coefficient (Wildman–Crippen LogP) is 8.19. The first-order valence-corrected chi connectivity index (χ1v) is 16.1. The average molecular weight is 595 g/mol. The number of hydrazine groups is 1. The van der Waals surface area contributed by atoms with Gasteiger partial charge in [0.2, 0.25) is 6.41 Å². The molecule has 31 heavy (non-hydrogen) atoms. The molecular weight excluding hydrogens is 562 g/mol. The summed E-state index contributed by atoms with van der Waals surface area (Å²) in [5.74, 6) is 1.40. The number of aromatic nitrogens is 1. The first-order valence-electron chi connectivity index (χ1n) is 10.4. The molecule has 1 aromatic carbocycles. The van der Waals surface area contributed by atoms with Gasteiger partial charge in [-0.15, -0.1) is 11.8 Å². The van der Waals surface area contributed by atoms with Crippen LogP contribution in [0.3, 0.4) is 0 Å². The summed E-state index contributed by atoms with van der Waals surface area (Å²) in [6.07, 6.45) is 5.76. The molecule has 1 unspecified atom stereocenters. The highest BCUT2D eigenvalue weighted by Gasteiger charge is 2.24. The van der Waals surface area contributed by atoms with Crippen LogP contribution in [0.25, 0.3) is 0 Å². The second kappa shape index (κ2) is 14.4. The molecule has 1 aliphatic carbocycles. The molecule has 0 spiro atoms. The van der Waals surface area contributed by atoms with E-state index in [1.165, 1.54) is 28.3 Å². The van der Waals surface area contributed by atoms with Crippen LogP contribution in [0.1, 0.15) is 57.6 Å². The molecule has 1 saturated carbocycles. The number of hydrogen-bond donors (Lipinski definition) is 1. The van der Waals surface area contributed by atoms with E-state index in [1.807, 2.05) is 45.5 Å². The van der Waals surface area contributed by atoms with Gasteiger partial charge in [-0.05, 0) is 77.7 Å². The largest absolute Gasteiger partial charge is 0.354 e. The average Bonchev–Trinajstić information content (AvgIpc) is 3.65. The fraction of sp³-hybridized carbons (Fsp3) is 0.455. The number of thioether (sulfide) groups is 1. The van der Waals surface area contributed by atoms with Gasteiger partial charge in [0.05, 0.1) is 12.1 Å². The molecule has 1 amide bonds. The lowest BCUT2D eigenvalue weighted by molar-refractivity contribution is -0.116. The Morgan fingerprint density at radius 1 is 1.23 bits per heavy atom. The molecule has 9 heteroatoms. The highest BCUT2D eigenvalue weighted by atomic mass is 127. The molecule has 1 atom stereocenters. The zero-order valence-corrected chi connectivity index (χ0v) is 24.0. The van der Waals surface area contributed by atoms with Crippen LogP contribution >= 0.6 is 51.8 Å². The van der Waals surface area contributed by atoms with E-state index in [9.17, 15) is 4.79 Å². The smallest absolute Gasteiger partial charge is 0.228 e. The van der Waals surface area contributed by atoms with E-state index in [0.717, 1.165) is 29.3 Å². The minimum Gasteiger partial charge on any atom is -0.354 e. The third-order valence-electron chi connectivity index (χ3n) is 4.51. The summed E-state index contributed by atoms with van der Waals surface area (Å²) < 4.78 is 1.81. The van der Waals surface area contributed by atoms with Crippen LogP contribution in [0.4, 0.5) is 17.2 Å². The van der Waals surface area contributed by atoms with Crippen molar-refractivity contribution in [1.29, 1.82) is 0 Å². The van der Waals surface area contributed by atoms with Gasteiger partial charge >= 0.3 is 0 Å². The number of carbonyl (C=O) groups excluding carboxylic acids is 1. The summed E-state index contributed by atoms with van der Waals surface area (Å²) in [5, 5.41) is 5.39. The van der Waals surface area contributed by atoms with Crippen LogP contribution in [-0.2, 0) is 4.79 Å².